The largest absolute Gasteiger partial charge is 0.383 e. The van der Waals surface area contributed by atoms with Gasteiger partial charge in [0.1, 0.15) is 0 Å². The van der Waals surface area contributed by atoms with Gasteiger partial charge in [0.2, 0.25) is 0 Å². The molecule has 0 heterocycles. The van der Waals surface area contributed by atoms with Crippen molar-refractivity contribution in [2.24, 2.45) is 0 Å². The minimum atomic E-state index is 0.519. The second-order valence-corrected chi connectivity index (χ2v) is 5.12. The smallest absolute Gasteiger partial charge is 0.0630 e. The van der Waals surface area contributed by atoms with Crippen LogP contribution in [0.25, 0.3) is 0 Å². The van der Waals surface area contributed by atoms with E-state index in [1.807, 2.05) is 0 Å². The summed E-state index contributed by atoms with van der Waals surface area (Å²) in [4.78, 5) is 2.55. The molecule has 3 heteroatoms. The zero-order valence-corrected chi connectivity index (χ0v) is 11.3. The Bertz CT molecular complexity index is 181. The van der Waals surface area contributed by atoms with E-state index in [4.69, 9.17) is 4.74 Å². The van der Waals surface area contributed by atoms with Crippen molar-refractivity contribution in [1.82, 2.24) is 10.2 Å². The lowest BCUT2D eigenvalue weighted by molar-refractivity contribution is 0.0692. The van der Waals surface area contributed by atoms with Gasteiger partial charge in [-0.3, -0.25) is 4.90 Å². The average Bonchev–Trinajstić information content (AvgIpc) is 3.04. The molecule has 0 aromatic rings. The van der Waals surface area contributed by atoms with Crippen LogP contribution < -0.4 is 5.32 Å². The lowest BCUT2D eigenvalue weighted by Crippen LogP contribution is -2.49. The fourth-order valence-electron chi connectivity index (χ4n) is 2.18. The molecule has 0 radical (unpaired) electrons. The Morgan fingerprint density at radius 2 is 2.06 bits per heavy atom. The summed E-state index contributed by atoms with van der Waals surface area (Å²) in [6.07, 6.45) is 3.92. The highest BCUT2D eigenvalue weighted by Crippen LogP contribution is 2.19. The van der Waals surface area contributed by atoms with Crippen LogP contribution in [0.15, 0.2) is 0 Å². The molecule has 0 amide bonds. The van der Waals surface area contributed by atoms with Gasteiger partial charge in [-0.2, -0.15) is 0 Å². The standard InChI is InChI=1S/C13H28N2O/c1-5-8-15(11(2)3)13(10-16-4)9-14-12-6-7-12/h11-14H,5-10H2,1-4H3. The Morgan fingerprint density at radius 3 is 2.50 bits per heavy atom. The first-order chi connectivity index (χ1) is 7.69. The first-order valence-electron chi connectivity index (χ1n) is 6.67. The van der Waals surface area contributed by atoms with Crippen LogP contribution in [0.1, 0.15) is 40.0 Å². The molecule has 1 unspecified atom stereocenters. The number of methoxy groups -OCH3 is 1. The van der Waals surface area contributed by atoms with Crippen molar-refractivity contribution in [3.05, 3.63) is 0 Å². The minimum absolute atomic E-state index is 0.519. The SMILES string of the molecule is CCCN(C(C)C)C(CNC1CC1)COC. The normalized spacial score (nSPS) is 18.4. The molecular weight excluding hydrogens is 200 g/mol. The van der Waals surface area contributed by atoms with E-state index in [1.165, 1.54) is 19.3 Å². The monoisotopic (exact) mass is 228 g/mol. The maximum absolute atomic E-state index is 5.35. The second kappa shape index (κ2) is 7.25. The summed E-state index contributed by atoms with van der Waals surface area (Å²) in [5, 5.41) is 3.61. The van der Waals surface area contributed by atoms with Crippen LogP contribution in [-0.4, -0.2) is 49.8 Å². The highest BCUT2D eigenvalue weighted by Gasteiger charge is 2.25. The summed E-state index contributed by atoms with van der Waals surface area (Å²) in [7, 11) is 1.80. The van der Waals surface area contributed by atoms with E-state index < -0.39 is 0 Å². The Morgan fingerprint density at radius 1 is 1.38 bits per heavy atom. The lowest BCUT2D eigenvalue weighted by atomic mass is 10.2. The molecule has 16 heavy (non-hydrogen) atoms. The van der Waals surface area contributed by atoms with Gasteiger partial charge in [-0.25, -0.2) is 0 Å². The lowest BCUT2D eigenvalue weighted by Gasteiger charge is -2.34. The predicted molar refractivity (Wildman–Crippen MR) is 68.8 cm³/mol. The molecule has 0 aromatic carbocycles. The van der Waals surface area contributed by atoms with Crippen molar-refractivity contribution >= 4 is 0 Å². The number of hydrogen-bond acceptors (Lipinski definition) is 3. The minimum Gasteiger partial charge on any atom is -0.383 e. The molecule has 1 saturated carbocycles. The predicted octanol–water partition coefficient (Wildman–Crippen LogP) is 1.87. The highest BCUT2D eigenvalue weighted by atomic mass is 16.5. The van der Waals surface area contributed by atoms with E-state index in [0.717, 1.165) is 25.7 Å². The second-order valence-electron chi connectivity index (χ2n) is 5.12. The van der Waals surface area contributed by atoms with Crippen LogP contribution in [0.2, 0.25) is 0 Å². The van der Waals surface area contributed by atoms with Gasteiger partial charge >= 0.3 is 0 Å². The van der Waals surface area contributed by atoms with Crippen LogP contribution in [0.5, 0.6) is 0 Å². The number of ether oxygens (including phenoxy) is 1. The Labute approximate surface area is 101 Å². The van der Waals surface area contributed by atoms with Gasteiger partial charge in [-0.1, -0.05) is 6.92 Å². The molecule has 96 valence electrons. The van der Waals surface area contributed by atoms with E-state index in [2.05, 4.69) is 31.0 Å². The van der Waals surface area contributed by atoms with Crippen LogP contribution in [0.3, 0.4) is 0 Å². The van der Waals surface area contributed by atoms with Crippen LogP contribution in [0.4, 0.5) is 0 Å². The number of nitrogens with zero attached hydrogens (tertiary/aromatic N) is 1. The van der Waals surface area contributed by atoms with Crippen LogP contribution in [-0.2, 0) is 4.74 Å². The van der Waals surface area contributed by atoms with E-state index in [-0.39, 0.29) is 0 Å². The molecule has 1 fully saturated rings. The zero-order chi connectivity index (χ0) is 12.0. The van der Waals surface area contributed by atoms with Crippen molar-refractivity contribution in [1.29, 1.82) is 0 Å². The van der Waals surface area contributed by atoms with Crippen molar-refractivity contribution < 1.29 is 4.74 Å². The van der Waals surface area contributed by atoms with Gasteiger partial charge in [0, 0.05) is 31.8 Å². The molecule has 3 nitrogen and oxygen atoms in total. The fraction of sp³-hybridized carbons (Fsp3) is 1.00. The third-order valence-electron chi connectivity index (χ3n) is 3.19. The highest BCUT2D eigenvalue weighted by molar-refractivity contribution is 4.85. The van der Waals surface area contributed by atoms with Gasteiger partial charge in [0.05, 0.1) is 6.61 Å². The van der Waals surface area contributed by atoms with E-state index >= 15 is 0 Å². The molecule has 1 N–H and O–H groups in total. The first-order valence-corrected chi connectivity index (χ1v) is 6.67. The van der Waals surface area contributed by atoms with Gasteiger partial charge in [0.25, 0.3) is 0 Å². The zero-order valence-electron chi connectivity index (χ0n) is 11.3. The summed E-state index contributed by atoms with van der Waals surface area (Å²) in [5.74, 6) is 0. The molecule has 1 aliphatic rings. The van der Waals surface area contributed by atoms with Crippen molar-refractivity contribution in [3.63, 3.8) is 0 Å². The van der Waals surface area contributed by atoms with Crippen LogP contribution >= 0.6 is 0 Å². The topological polar surface area (TPSA) is 24.5 Å². The third kappa shape index (κ3) is 4.81. The number of rotatable bonds is 9. The molecule has 0 spiro atoms. The summed E-state index contributed by atoms with van der Waals surface area (Å²) < 4.78 is 5.35. The van der Waals surface area contributed by atoms with Gasteiger partial charge < -0.3 is 10.1 Å². The van der Waals surface area contributed by atoms with Crippen molar-refractivity contribution in [2.45, 2.75) is 58.2 Å². The Hall–Kier alpha value is -0.120. The maximum Gasteiger partial charge on any atom is 0.0630 e. The van der Waals surface area contributed by atoms with Gasteiger partial charge in [-0.05, 0) is 39.7 Å². The van der Waals surface area contributed by atoms with Crippen molar-refractivity contribution in [2.75, 3.05) is 26.8 Å². The molecule has 0 bridgehead atoms. The number of nitrogens with one attached hydrogen (secondary N) is 1. The molecule has 1 rings (SSSR count). The summed E-state index contributed by atoms with van der Waals surface area (Å²) in [5.41, 5.74) is 0. The fourth-order valence-corrected chi connectivity index (χ4v) is 2.18. The Balaban J connectivity index is 2.41. The third-order valence-corrected chi connectivity index (χ3v) is 3.19. The maximum atomic E-state index is 5.35. The average molecular weight is 228 g/mol. The summed E-state index contributed by atoms with van der Waals surface area (Å²) >= 11 is 0. The summed E-state index contributed by atoms with van der Waals surface area (Å²) in [6.45, 7) is 9.85. The molecule has 0 aromatic heterocycles. The quantitative estimate of drug-likeness (QED) is 0.652. The summed E-state index contributed by atoms with van der Waals surface area (Å²) in [6, 6.07) is 1.90. The van der Waals surface area contributed by atoms with Crippen LogP contribution in [0, 0.1) is 0 Å². The van der Waals surface area contributed by atoms with E-state index in [1.54, 1.807) is 7.11 Å². The molecule has 0 aliphatic heterocycles. The Kier molecular flexibility index (Phi) is 6.32. The molecule has 0 saturated heterocycles. The molecule has 1 aliphatic carbocycles. The molecule has 1 atom stereocenters. The number of hydrogen-bond donors (Lipinski definition) is 1. The van der Waals surface area contributed by atoms with Gasteiger partial charge in [-0.15, -0.1) is 0 Å². The van der Waals surface area contributed by atoms with E-state index in [9.17, 15) is 0 Å². The van der Waals surface area contributed by atoms with E-state index in [0.29, 0.717) is 12.1 Å². The van der Waals surface area contributed by atoms with Crippen molar-refractivity contribution in [3.8, 4) is 0 Å². The first kappa shape index (κ1) is 13.9. The van der Waals surface area contributed by atoms with Gasteiger partial charge in [0.15, 0.2) is 0 Å². The molecular formula is C13H28N2O.